The number of benzene rings is 1. The molecule has 32 heavy (non-hydrogen) atoms. The molecule has 1 aliphatic rings. The second kappa shape index (κ2) is 11.0. The van der Waals surface area contributed by atoms with Crippen molar-refractivity contribution >= 4 is 23.8 Å². The lowest BCUT2D eigenvalue weighted by atomic mass is 10.0. The number of nitriles is 1. The van der Waals surface area contributed by atoms with E-state index < -0.39 is 40.6 Å². The molecule has 1 aromatic carbocycles. The molecule has 8 heteroatoms. The van der Waals surface area contributed by atoms with Crippen LogP contribution in [0.15, 0.2) is 30.3 Å². The Balaban J connectivity index is 2.11. The van der Waals surface area contributed by atoms with E-state index in [0.717, 1.165) is 18.6 Å². The first-order valence-electron chi connectivity index (χ1n) is 10.9. The second-order valence-electron chi connectivity index (χ2n) is 9.59. The predicted molar refractivity (Wildman–Crippen MR) is 125 cm³/mol. The van der Waals surface area contributed by atoms with Gasteiger partial charge in [-0.3, -0.25) is 4.79 Å². The summed E-state index contributed by atoms with van der Waals surface area (Å²) in [4.78, 5) is 27.1. The first-order valence-corrected chi connectivity index (χ1v) is 11.9. The van der Waals surface area contributed by atoms with Gasteiger partial charge in [0, 0.05) is 11.2 Å². The van der Waals surface area contributed by atoms with Gasteiger partial charge in [-0.2, -0.15) is 17.0 Å². The van der Waals surface area contributed by atoms with E-state index in [0.29, 0.717) is 0 Å². The number of likely N-dealkylation sites (tertiary alicyclic amines) is 1. The van der Waals surface area contributed by atoms with Crippen LogP contribution >= 0.6 is 11.8 Å². The topological polar surface area (TPSA) is 82.4 Å². The summed E-state index contributed by atoms with van der Waals surface area (Å²) in [6.07, 6.45) is -0.145. The number of aryl methyl sites for hydroxylation is 1. The van der Waals surface area contributed by atoms with Crippen molar-refractivity contribution in [2.45, 2.75) is 82.5 Å². The third kappa shape index (κ3) is 7.70. The number of ether oxygens (including phenoxy) is 1. The maximum Gasteiger partial charge on any atom is 0.408 e. The molecule has 0 bridgehead atoms. The summed E-state index contributed by atoms with van der Waals surface area (Å²) in [5.74, 6) is 0.317. The molecule has 0 radical (unpaired) electrons. The maximum atomic E-state index is 14.0. The summed E-state index contributed by atoms with van der Waals surface area (Å²) in [6.45, 7) is 8.85. The van der Waals surface area contributed by atoms with Gasteiger partial charge < -0.3 is 15.0 Å². The minimum Gasteiger partial charge on any atom is -0.444 e. The highest BCUT2D eigenvalue weighted by molar-refractivity contribution is 8.00. The van der Waals surface area contributed by atoms with Gasteiger partial charge in [0.25, 0.3) is 0 Å². The van der Waals surface area contributed by atoms with Crippen LogP contribution in [0.5, 0.6) is 0 Å². The Kier molecular flexibility index (Phi) is 8.97. The molecule has 176 valence electrons. The Morgan fingerprint density at radius 1 is 1.28 bits per heavy atom. The van der Waals surface area contributed by atoms with Gasteiger partial charge in [0.2, 0.25) is 5.91 Å². The molecule has 0 aromatic heterocycles. The summed E-state index contributed by atoms with van der Waals surface area (Å²) in [6, 6.07) is 10.4. The Morgan fingerprint density at radius 3 is 2.53 bits per heavy atom. The van der Waals surface area contributed by atoms with Crippen molar-refractivity contribution in [3.8, 4) is 6.07 Å². The van der Waals surface area contributed by atoms with Crippen LogP contribution in [-0.4, -0.2) is 57.8 Å². The van der Waals surface area contributed by atoms with Crippen LogP contribution in [0.3, 0.4) is 0 Å². The molecule has 1 fully saturated rings. The molecule has 1 N–H and O–H groups in total. The smallest absolute Gasteiger partial charge is 0.408 e. The van der Waals surface area contributed by atoms with Gasteiger partial charge >= 0.3 is 6.09 Å². The summed E-state index contributed by atoms with van der Waals surface area (Å²) >= 11 is 1.57. The highest BCUT2D eigenvalue weighted by atomic mass is 32.2. The van der Waals surface area contributed by atoms with Crippen molar-refractivity contribution in [1.29, 1.82) is 5.26 Å². The Hall–Kier alpha value is -2.27. The van der Waals surface area contributed by atoms with Crippen molar-refractivity contribution in [3.63, 3.8) is 0 Å². The minimum absolute atomic E-state index is 0.00789. The van der Waals surface area contributed by atoms with Gasteiger partial charge in [-0.05, 0) is 58.8 Å². The number of carbonyl (C=O) groups excluding carboxylic acids is 2. The quantitative estimate of drug-likeness (QED) is 0.575. The lowest BCUT2D eigenvalue weighted by molar-refractivity contribution is -0.134. The number of alkyl halides is 1. The molecule has 1 aromatic rings. The predicted octanol–water partition coefficient (Wildman–Crippen LogP) is 4.49. The second-order valence-corrected chi connectivity index (χ2v) is 11.3. The number of thioether (sulfide) groups is 1. The highest BCUT2D eigenvalue weighted by Gasteiger charge is 2.45. The average molecular weight is 464 g/mol. The van der Waals surface area contributed by atoms with Gasteiger partial charge in [-0.1, -0.05) is 30.3 Å². The molecule has 1 saturated heterocycles. The molecule has 3 atom stereocenters. The molecule has 0 aliphatic carbocycles. The molecule has 2 amide bonds. The van der Waals surface area contributed by atoms with Gasteiger partial charge in [-0.15, -0.1) is 0 Å². The van der Waals surface area contributed by atoms with E-state index in [1.54, 1.807) is 32.5 Å². The summed E-state index contributed by atoms with van der Waals surface area (Å²) in [5, 5.41) is 12.1. The van der Waals surface area contributed by atoms with Gasteiger partial charge in [-0.25, -0.2) is 9.18 Å². The van der Waals surface area contributed by atoms with E-state index in [4.69, 9.17) is 4.74 Å². The molecule has 1 aliphatic heterocycles. The maximum absolute atomic E-state index is 14.0. The molecule has 0 spiro atoms. The molecule has 0 saturated carbocycles. The lowest BCUT2D eigenvalue weighted by Gasteiger charge is -2.36. The average Bonchev–Trinajstić information content (AvgIpc) is 3.09. The third-order valence-electron chi connectivity index (χ3n) is 5.21. The van der Waals surface area contributed by atoms with Crippen LogP contribution in [0.25, 0.3) is 0 Å². The van der Waals surface area contributed by atoms with Crippen molar-refractivity contribution in [2.24, 2.45) is 0 Å². The number of hydrogen-bond acceptors (Lipinski definition) is 5. The number of hydrogen-bond donors (Lipinski definition) is 1. The number of amides is 2. The number of halogens is 1. The standard InChI is InChI=1S/C24H34FN3O3S/c1-23(2,3)31-22(30)27-20(21(29)28-16-18(25)14-19(28)15-26)24(4,5)32-13-9-12-17-10-7-6-8-11-17/h6-8,10-11,18-20H,9,12-14,16H2,1-5H3,(H,27,30)/t18-,19-,20+/m0/s1. The number of rotatable bonds is 8. The van der Waals surface area contributed by atoms with Crippen molar-refractivity contribution < 1.29 is 18.7 Å². The Bertz CT molecular complexity index is 820. The first kappa shape index (κ1) is 26.0. The molecule has 2 rings (SSSR count). The fraction of sp³-hybridized carbons (Fsp3) is 0.625. The van der Waals surface area contributed by atoms with Crippen LogP contribution < -0.4 is 5.32 Å². The first-order chi connectivity index (χ1) is 14.9. The van der Waals surface area contributed by atoms with Crippen LogP contribution in [-0.2, 0) is 16.0 Å². The molecular formula is C24H34FN3O3S. The molecule has 1 heterocycles. The highest BCUT2D eigenvalue weighted by Crippen LogP contribution is 2.32. The monoisotopic (exact) mass is 463 g/mol. The van der Waals surface area contributed by atoms with Crippen LogP contribution in [0.1, 0.15) is 53.0 Å². The van der Waals surface area contributed by atoms with E-state index in [-0.39, 0.29) is 13.0 Å². The van der Waals surface area contributed by atoms with Crippen molar-refractivity contribution in [3.05, 3.63) is 35.9 Å². The molecular weight excluding hydrogens is 429 g/mol. The SMILES string of the molecule is CC(C)(C)OC(=O)N[C@H](C(=O)N1C[C@@H](F)C[C@H]1C#N)C(C)(C)SCCCc1ccccc1. The number of carbonyl (C=O) groups is 2. The molecule has 6 nitrogen and oxygen atoms in total. The largest absolute Gasteiger partial charge is 0.444 e. The van der Waals surface area contributed by atoms with E-state index >= 15 is 0 Å². The van der Waals surface area contributed by atoms with Crippen LogP contribution in [0, 0.1) is 11.3 Å². The van der Waals surface area contributed by atoms with E-state index in [9.17, 15) is 19.2 Å². The fourth-order valence-corrected chi connectivity index (χ4v) is 4.76. The van der Waals surface area contributed by atoms with E-state index in [1.807, 2.05) is 38.1 Å². The number of alkyl carbamates (subject to hydrolysis) is 1. The summed E-state index contributed by atoms with van der Waals surface area (Å²) < 4.78 is 18.6. The third-order valence-corrected chi connectivity index (χ3v) is 6.68. The van der Waals surface area contributed by atoms with Gasteiger partial charge in [0.15, 0.2) is 0 Å². The number of nitrogens with one attached hydrogen (secondary N) is 1. The van der Waals surface area contributed by atoms with E-state index in [1.165, 1.54) is 10.5 Å². The Morgan fingerprint density at radius 2 is 1.94 bits per heavy atom. The fourth-order valence-electron chi connectivity index (χ4n) is 3.61. The van der Waals surface area contributed by atoms with E-state index in [2.05, 4.69) is 17.4 Å². The zero-order chi connectivity index (χ0) is 23.9. The van der Waals surface area contributed by atoms with Gasteiger partial charge in [0.1, 0.15) is 23.9 Å². The van der Waals surface area contributed by atoms with Crippen LogP contribution in [0.2, 0.25) is 0 Å². The summed E-state index contributed by atoms with van der Waals surface area (Å²) in [7, 11) is 0. The van der Waals surface area contributed by atoms with Gasteiger partial charge in [0.05, 0.1) is 12.6 Å². The molecule has 0 unspecified atom stereocenters. The normalized spacial score (nSPS) is 19.8. The minimum atomic E-state index is -1.24. The van der Waals surface area contributed by atoms with Crippen molar-refractivity contribution in [2.75, 3.05) is 12.3 Å². The van der Waals surface area contributed by atoms with Crippen molar-refractivity contribution in [1.82, 2.24) is 10.2 Å². The lowest BCUT2D eigenvalue weighted by Crippen LogP contribution is -2.58. The Labute approximate surface area is 194 Å². The van der Waals surface area contributed by atoms with Crippen LogP contribution in [0.4, 0.5) is 9.18 Å². The zero-order valence-corrected chi connectivity index (χ0v) is 20.4. The summed E-state index contributed by atoms with van der Waals surface area (Å²) in [5.41, 5.74) is 0.519. The zero-order valence-electron chi connectivity index (χ0n) is 19.6. The number of nitrogens with zero attached hydrogens (tertiary/aromatic N) is 2.